The van der Waals surface area contributed by atoms with Crippen molar-refractivity contribution in [1.29, 1.82) is 0 Å². The smallest absolute Gasteiger partial charge is 0.336 e. The fourth-order valence-corrected chi connectivity index (χ4v) is 2.77. The van der Waals surface area contributed by atoms with Gasteiger partial charge in [0.2, 0.25) is 0 Å². The zero-order valence-electron chi connectivity index (χ0n) is 14.0. The van der Waals surface area contributed by atoms with Gasteiger partial charge in [-0.2, -0.15) is 0 Å². The predicted octanol–water partition coefficient (Wildman–Crippen LogP) is 4.89. The molecule has 3 nitrogen and oxygen atoms in total. The number of hydrogen-bond donors (Lipinski definition) is 0. The second-order valence-electron chi connectivity index (χ2n) is 5.81. The van der Waals surface area contributed by atoms with E-state index in [2.05, 4.69) is 6.58 Å². The van der Waals surface area contributed by atoms with E-state index in [-0.39, 0.29) is 5.63 Å². The van der Waals surface area contributed by atoms with Crippen LogP contribution in [-0.4, -0.2) is 0 Å². The minimum atomic E-state index is -0.323. The molecule has 0 atom stereocenters. The summed E-state index contributed by atoms with van der Waals surface area (Å²) in [6.45, 7) is 8.20. The van der Waals surface area contributed by atoms with Gasteiger partial charge in [-0.25, -0.2) is 4.79 Å². The van der Waals surface area contributed by atoms with Crippen LogP contribution in [0.1, 0.15) is 29.2 Å². The molecule has 0 saturated heterocycles. The summed E-state index contributed by atoms with van der Waals surface area (Å²) in [4.78, 5) is 11.7. The van der Waals surface area contributed by atoms with Crippen LogP contribution in [0, 0.1) is 6.92 Å². The molecule has 1 aromatic heterocycles. The quantitative estimate of drug-likeness (QED) is 0.629. The number of hydrogen-bond acceptors (Lipinski definition) is 3. The molecule has 0 radical (unpaired) electrons. The van der Waals surface area contributed by atoms with Crippen molar-refractivity contribution in [3.8, 4) is 5.75 Å². The van der Waals surface area contributed by atoms with Crippen molar-refractivity contribution < 1.29 is 9.15 Å². The molecule has 3 rings (SSSR count). The summed E-state index contributed by atoms with van der Waals surface area (Å²) < 4.78 is 11.4. The van der Waals surface area contributed by atoms with Crippen molar-refractivity contribution >= 4 is 17.0 Å². The molecular weight excluding hydrogens is 300 g/mol. The summed E-state index contributed by atoms with van der Waals surface area (Å²) in [6.07, 6.45) is 2.56. The second kappa shape index (κ2) is 6.75. The molecule has 0 amide bonds. The average Bonchev–Trinajstić information content (AvgIpc) is 2.58. The molecule has 0 aliphatic carbocycles. The highest BCUT2D eigenvalue weighted by atomic mass is 16.5. The van der Waals surface area contributed by atoms with E-state index in [0.717, 1.165) is 39.8 Å². The first-order chi connectivity index (χ1) is 11.6. The first-order valence-electron chi connectivity index (χ1n) is 8.02. The molecule has 1 heterocycles. The van der Waals surface area contributed by atoms with Crippen LogP contribution >= 0.6 is 0 Å². The maximum absolute atomic E-state index is 11.7. The Labute approximate surface area is 141 Å². The SMILES string of the molecule is C=Cc1ccc(COc2cc(C)cc3oc(=O)cc(CC)c23)cc1. The largest absolute Gasteiger partial charge is 0.488 e. The molecule has 3 aromatic rings. The van der Waals surface area contributed by atoms with E-state index in [1.54, 1.807) is 6.07 Å². The van der Waals surface area contributed by atoms with Gasteiger partial charge in [-0.3, -0.25) is 0 Å². The Kier molecular flexibility index (Phi) is 4.52. The van der Waals surface area contributed by atoms with E-state index >= 15 is 0 Å². The zero-order valence-corrected chi connectivity index (χ0v) is 14.0. The van der Waals surface area contributed by atoms with Gasteiger partial charge in [0.05, 0.1) is 5.39 Å². The molecular formula is C21H20O3. The van der Waals surface area contributed by atoms with Crippen LogP contribution < -0.4 is 10.4 Å². The van der Waals surface area contributed by atoms with Gasteiger partial charge in [0.25, 0.3) is 0 Å². The van der Waals surface area contributed by atoms with Crippen LogP contribution in [0.15, 0.2) is 58.3 Å². The van der Waals surface area contributed by atoms with Crippen LogP contribution in [0.5, 0.6) is 5.75 Å². The summed E-state index contributed by atoms with van der Waals surface area (Å²) in [7, 11) is 0. The van der Waals surface area contributed by atoms with Crippen LogP contribution in [-0.2, 0) is 13.0 Å². The molecule has 122 valence electrons. The summed E-state index contributed by atoms with van der Waals surface area (Å²) in [6, 6.07) is 13.5. The van der Waals surface area contributed by atoms with E-state index in [1.165, 1.54) is 0 Å². The van der Waals surface area contributed by atoms with Crippen molar-refractivity contribution in [3.05, 3.63) is 81.7 Å². The molecule has 0 aliphatic heterocycles. The molecule has 3 heteroatoms. The van der Waals surface area contributed by atoms with Crippen molar-refractivity contribution in [2.24, 2.45) is 0 Å². The fourth-order valence-electron chi connectivity index (χ4n) is 2.77. The van der Waals surface area contributed by atoms with E-state index in [4.69, 9.17) is 9.15 Å². The van der Waals surface area contributed by atoms with Gasteiger partial charge in [-0.1, -0.05) is 43.8 Å². The highest BCUT2D eigenvalue weighted by Crippen LogP contribution is 2.30. The minimum Gasteiger partial charge on any atom is -0.488 e. The fraction of sp³-hybridized carbons (Fsp3) is 0.190. The summed E-state index contributed by atoms with van der Waals surface area (Å²) in [5.74, 6) is 0.749. The first-order valence-corrected chi connectivity index (χ1v) is 8.02. The lowest BCUT2D eigenvalue weighted by Crippen LogP contribution is -2.03. The summed E-state index contributed by atoms with van der Waals surface area (Å²) in [5, 5.41) is 0.880. The Bertz CT molecular complexity index is 934. The first kappa shape index (κ1) is 16.1. The number of fused-ring (bicyclic) bond motifs is 1. The van der Waals surface area contributed by atoms with Gasteiger partial charge in [-0.05, 0) is 47.7 Å². The third kappa shape index (κ3) is 3.25. The van der Waals surface area contributed by atoms with Gasteiger partial charge < -0.3 is 9.15 Å². The third-order valence-electron chi connectivity index (χ3n) is 4.02. The highest BCUT2D eigenvalue weighted by Gasteiger charge is 2.12. The lowest BCUT2D eigenvalue weighted by atomic mass is 10.0. The average molecular weight is 320 g/mol. The number of benzene rings is 2. The predicted molar refractivity (Wildman–Crippen MR) is 97.5 cm³/mol. The van der Waals surface area contributed by atoms with Crippen LogP contribution in [0.4, 0.5) is 0 Å². The molecule has 0 aliphatic rings. The normalized spacial score (nSPS) is 10.8. The Morgan fingerprint density at radius 1 is 1.17 bits per heavy atom. The topological polar surface area (TPSA) is 39.4 Å². The Morgan fingerprint density at radius 3 is 2.58 bits per heavy atom. The van der Waals surface area contributed by atoms with Crippen LogP contribution in [0.3, 0.4) is 0 Å². The van der Waals surface area contributed by atoms with Crippen LogP contribution in [0.2, 0.25) is 0 Å². The summed E-state index contributed by atoms with van der Waals surface area (Å²) in [5.41, 5.74) is 4.35. The van der Waals surface area contributed by atoms with E-state index in [0.29, 0.717) is 12.2 Å². The lowest BCUT2D eigenvalue weighted by molar-refractivity contribution is 0.309. The molecule has 0 bridgehead atoms. The van der Waals surface area contributed by atoms with Crippen molar-refractivity contribution in [2.75, 3.05) is 0 Å². The van der Waals surface area contributed by atoms with Crippen molar-refractivity contribution in [2.45, 2.75) is 26.9 Å². The zero-order chi connectivity index (χ0) is 17.1. The highest BCUT2D eigenvalue weighted by molar-refractivity contribution is 5.87. The molecule has 0 unspecified atom stereocenters. The molecule has 0 saturated carbocycles. The molecule has 0 spiro atoms. The minimum absolute atomic E-state index is 0.323. The standard InChI is InChI=1S/C21H20O3/c1-4-15-6-8-16(9-7-15)13-23-18-10-14(3)11-19-21(18)17(5-2)12-20(22)24-19/h4,6-12H,1,5,13H2,2-3H3. The van der Waals surface area contributed by atoms with Crippen molar-refractivity contribution in [3.63, 3.8) is 0 Å². The van der Waals surface area contributed by atoms with E-state index in [1.807, 2.05) is 56.3 Å². The maximum Gasteiger partial charge on any atom is 0.336 e. The van der Waals surface area contributed by atoms with Gasteiger partial charge in [0.15, 0.2) is 0 Å². The third-order valence-corrected chi connectivity index (χ3v) is 4.02. The van der Waals surface area contributed by atoms with Gasteiger partial charge in [0, 0.05) is 6.07 Å². The van der Waals surface area contributed by atoms with Gasteiger partial charge in [-0.15, -0.1) is 0 Å². The second-order valence-corrected chi connectivity index (χ2v) is 5.81. The van der Waals surface area contributed by atoms with Crippen LogP contribution in [0.25, 0.3) is 17.0 Å². The number of ether oxygens (including phenoxy) is 1. The lowest BCUT2D eigenvalue weighted by Gasteiger charge is -2.12. The molecule has 24 heavy (non-hydrogen) atoms. The Balaban J connectivity index is 1.98. The molecule has 2 aromatic carbocycles. The molecule has 0 N–H and O–H groups in total. The molecule has 0 fully saturated rings. The number of rotatable bonds is 5. The maximum atomic E-state index is 11.7. The van der Waals surface area contributed by atoms with Crippen molar-refractivity contribution in [1.82, 2.24) is 0 Å². The summed E-state index contributed by atoms with van der Waals surface area (Å²) >= 11 is 0. The van der Waals surface area contributed by atoms with Gasteiger partial charge >= 0.3 is 5.63 Å². The monoisotopic (exact) mass is 320 g/mol. The van der Waals surface area contributed by atoms with Gasteiger partial charge in [0.1, 0.15) is 17.9 Å². The van der Waals surface area contributed by atoms with E-state index < -0.39 is 0 Å². The number of aryl methyl sites for hydroxylation is 2. The Hall–Kier alpha value is -2.81. The van der Waals surface area contributed by atoms with E-state index in [9.17, 15) is 4.79 Å². The Morgan fingerprint density at radius 2 is 1.92 bits per heavy atom.